The van der Waals surface area contributed by atoms with E-state index >= 15 is 0 Å². The summed E-state index contributed by atoms with van der Waals surface area (Å²) < 4.78 is 2.24. The first kappa shape index (κ1) is 17.0. The molecule has 0 aliphatic rings. The van der Waals surface area contributed by atoms with Crippen LogP contribution in [-0.2, 0) is 13.1 Å². The fourth-order valence-corrected chi connectivity index (χ4v) is 2.86. The Labute approximate surface area is 148 Å². The van der Waals surface area contributed by atoms with E-state index in [0.29, 0.717) is 6.54 Å². The SMILES string of the molecule is CCNC(=NCc1ccccc1)NCCn1c(C)nc2ccccc21. The van der Waals surface area contributed by atoms with Crippen LogP contribution in [0.3, 0.4) is 0 Å². The highest BCUT2D eigenvalue weighted by atomic mass is 15.2. The number of nitrogens with zero attached hydrogens (tertiary/aromatic N) is 3. The number of aromatic nitrogens is 2. The Bertz CT molecular complexity index is 836. The smallest absolute Gasteiger partial charge is 0.191 e. The van der Waals surface area contributed by atoms with Crippen molar-refractivity contribution in [3.63, 3.8) is 0 Å². The number of benzene rings is 2. The molecular formula is C20H25N5. The van der Waals surface area contributed by atoms with Gasteiger partial charge in [0.2, 0.25) is 0 Å². The summed E-state index contributed by atoms with van der Waals surface area (Å²) in [5.41, 5.74) is 3.42. The first-order chi connectivity index (χ1) is 12.3. The third kappa shape index (κ3) is 4.38. The Morgan fingerprint density at radius 3 is 2.60 bits per heavy atom. The van der Waals surface area contributed by atoms with E-state index in [0.717, 1.165) is 36.9 Å². The Hall–Kier alpha value is -2.82. The van der Waals surface area contributed by atoms with Gasteiger partial charge in [0.1, 0.15) is 5.82 Å². The zero-order valence-electron chi connectivity index (χ0n) is 14.9. The minimum absolute atomic E-state index is 0.670. The standard InChI is InChI=1S/C20H25N5/c1-3-21-20(23-15-17-9-5-4-6-10-17)22-13-14-25-16(2)24-18-11-7-8-12-19(18)25/h4-12H,3,13-15H2,1-2H3,(H2,21,22,23). The normalized spacial score (nSPS) is 11.7. The molecule has 0 unspecified atom stereocenters. The maximum absolute atomic E-state index is 4.66. The van der Waals surface area contributed by atoms with Crippen LogP contribution in [0.1, 0.15) is 18.3 Å². The summed E-state index contributed by atoms with van der Waals surface area (Å²) in [6, 6.07) is 18.5. The van der Waals surface area contributed by atoms with Gasteiger partial charge in [0.05, 0.1) is 17.6 Å². The molecule has 0 saturated carbocycles. The van der Waals surface area contributed by atoms with E-state index in [1.165, 1.54) is 11.1 Å². The van der Waals surface area contributed by atoms with Crippen LogP contribution < -0.4 is 10.6 Å². The van der Waals surface area contributed by atoms with Crippen LogP contribution in [0.25, 0.3) is 11.0 Å². The highest BCUT2D eigenvalue weighted by molar-refractivity contribution is 5.79. The maximum atomic E-state index is 4.66. The van der Waals surface area contributed by atoms with Crippen molar-refractivity contribution in [1.82, 2.24) is 20.2 Å². The van der Waals surface area contributed by atoms with E-state index in [4.69, 9.17) is 0 Å². The van der Waals surface area contributed by atoms with Gasteiger partial charge in [0.15, 0.2) is 5.96 Å². The average Bonchev–Trinajstić information content (AvgIpc) is 2.96. The van der Waals surface area contributed by atoms with Crippen LogP contribution in [0, 0.1) is 6.92 Å². The van der Waals surface area contributed by atoms with Crippen LogP contribution in [0.2, 0.25) is 0 Å². The summed E-state index contributed by atoms with van der Waals surface area (Å²) in [6.07, 6.45) is 0. The molecule has 0 spiro atoms. The summed E-state index contributed by atoms with van der Waals surface area (Å²) in [6.45, 7) is 7.28. The molecule has 0 bridgehead atoms. The molecule has 0 saturated heterocycles. The number of guanidine groups is 1. The van der Waals surface area contributed by atoms with Gasteiger partial charge in [-0.05, 0) is 31.5 Å². The van der Waals surface area contributed by atoms with Crippen molar-refractivity contribution in [3.05, 3.63) is 66.0 Å². The number of hydrogen-bond acceptors (Lipinski definition) is 2. The fourth-order valence-electron chi connectivity index (χ4n) is 2.86. The second-order valence-corrected chi connectivity index (χ2v) is 5.91. The van der Waals surface area contributed by atoms with E-state index in [1.807, 2.05) is 24.3 Å². The summed E-state index contributed by atoms with van der Waals surface area (Å²) in [4.78, 5) is 9.27. The van der Waals surface area contributed by atoms with Gasteiger partial charge in [-0.3, -0.25) is 0 Å². The van der Waals surface area contributed by atoms with Gasteiger partial charge >= 0.3 is 0 Å². The second-order valence-electron chi connectivity index (χ2n) is 5.91. The van der Waals surface area contributed by atoms with Crippen molar-refractivity contribution in [3.8, 4) is 0 Å². The van der Waals surface area contributed by atoms with Crippen molar-refractivity contribution in [2.24, 2.45) is 4.99 Å². The van der Waals surface area contributed by atoms with E-state index in [-0.39, 0.29) is 0 Å². The van der Waals surface area contributed by atoms with Crippen molar-refractivity contribution in [2.45, 2.75) is 26.9 Å². The third-order valence-corrected chi connectivity index (χ3v) is 4.08. The second kappa shape index (κ2) is 8.33. The van der Waals surface area contributed by atoms with Crippen molar-refractivity contribution in [2.75, 3.05) is 13.1 Å². The highest BCUT2D eigenvalue weighted by Crippen LogP contribution is 2.14. The quantitative estimate of drug-likeness (QED) is 0.538. The molecule has 5 nitrogen and oxygen atoms in total. The largest absolute Gasteiger partial charge is 0.357 e. The molecule has 0 aliphatic heterocycles. The summed E-state index contributed by atoms with van der Waals surface area (Å²) >= 11 is 0. The van der Waals surface area contributed by atoms with Gasteiger partial charge in [0, 0.05) is 19.6 Å². The van der Waals surface area contributed by atoms with Crippen LogP contribution in [0.5, 0.6) is 0 Å². The van der Waals surface area contributed by atoms with Crippen LogP contribution in [-0.4, -0.2) is 28.6 Å². The molecular weight excluding hydrogens is 310 g/mol. The molecule has 3 rings (SSSR count). The lowest BCUT2D eigenvalue weighted by Gasteiger charge is -2.13. The first-order valence-corrected chi connectivity index (χ1v) is 8.76. The summed E-state index contributed by atoms with van der Waals surface area (Å²) in [7, 11) is 0. The Balaban J connectivity index is 1.62. The molecule has 1 heterocycles. The Morgan fingerprint density at radius 2 is 1.80 bits per heavy atom. The predicted octanol–water partition coefficient (Wildman–Crippen LogP) is 3.10. The topological polar surface area (TPSA) is 54.2 Å². The lowest BCUT2D eigenvalue weighted by atomic mass is 10.2. The molecule has 25 heavy (non-hydrogen) atoms. The van der Waals surface area contributed by atoms with E-state index in [9.17, 15) is 0 Å². The molecule has 0 radical (unpaired) electrons. The monoisotopic (exact) mass is 335 g/mol. The minimum Gasteiger partial charge on any atom is -0.357 e. The number of aryl methyl sites for hydroxylation is 1. The number of fused-ring (bicyclic) bond motifs is 1. The molecule has 2 aromatic carbocycles. The molecule has 130 valence electrons. The number of nitrogens with one attached hydrogen (secondary N) is 2. The maximum Gasteiger partial charge on any atom is 0.191 e. The number of rotatable bonds is 6. The number of aliphatic imine (C=N–C) groups is 1. The zero-order chi connectivity index (χ0) is 17.5. The molecule has 0 atom stereocenters. The van der Waals surface area contributed by atoms with Crippen LogP contribution in [0.4, 0.5) is 0 Å². The van der Waals surface area contributed by atoms with Crippen LogP contribution in [0.15, 0.2) is 59.6 Å². The van der Waals surface area contributed by atoms with Gasteiger partial charge in [0.25, 0.3) is 0 Å². The van der Waals surface area contributed by atoms with Gasteiger partial charge in [-0.15, -0.1) is 0 Å². The van der Waals surface area contributed by atoms with Gasteiger partial charge < -0.3 is 15.2 Å². The average molecular weight is 335 g/mol. The van der Waals surface area contributed by atoms with Crippen LogP contribution >= 0.6 is 0 Å². The highest BCUT2D eigenvalue weighted by Gasteiger charge is 2.06. The number of para-hydroxylation sites is 2. The minimum atomic E-state index is 0.670. The fraction of sp³-hybridized carbons (Fsp3) is 0.300. The van der Waals surface area contributed by atoms with E-state index < -0.39 is 0 Å². The summed E-state index contributed by atoms with van der Waals surface area (Å²) in [5, 5.41) is 6.71. The van der Waals surface area contributed by atoms with Crippen molar-refractivity contribution < 1.29 is 0 Å². The molecule has 0 amide bonds. The third-order valence-electron chi connectivity index (χ3n) is 4.08. The molecule has 0 aliphatic carbocycles. The molecule has 5 heteroatoms. The first-order valence-electron chi connectivity index (χ1n) is 8.76. The van der Waals surface area contributed by atoms with Crippen molar-refractivity contribution >= 4 is 17.0 Å². The lowest BCUT2D eigenvalue weighted by molar-refractivity contribution is 0.660. The molecule has 2 N–H and O–H groups in total. The number of imidazole rings is 1. The van der Waals surface area contributed by atoms with E-state index in [2.05, 4.69) is 69.4 Å². The Morgan fingerprint density at radius 1 is 1.04 bits per heavy atom. The zero-order valence-corrected chi connectivity index (χ0v) is 14.9. The molecule has 3 aromatic rings. The molecule has 0 fully saturated rings. The van der Waals surface area contributed by atoms with Crippen molar-refractivity contribution in [1.29, 1.82) is 0 Å². The Kier molecular flexibility index (Phi) is 5.67. The lowest BCUT2D eigenvalue weighted by Crippen LogP contribution is -2.38. The van der Waals surface area contributed by atoms with Gasteiger partial charge in [-0.2, -0.15) is 0 Å². The van der Waals surface area contributed by atoms with Gasteiger partial charge in [-0.1, -0.05) is 42.5 Å². The summed E-state index contributed by atoms with van der Waals surface area (Å²) in [5.74, 6) is 1.88. The predicted molar refractivity (Wildman–Crippen MR) is 104 cm³/mol. The van der Waals surface area contributed by atoms with Gasteiger partial charge in [-0.25, -0.2) is 9.98 Å². The number of hydrogen-bond donors (Lipinski definition) is 2. The molecule has 1 aromatic heterocycles. The van der Waals surface area contributed by atoms with E-state index in [1.54, 1.807) is 0 Å².